The monoisotopic (exact) mass is 211 g/mol. The Morgan fingerprint density at radius 3 is 2.33 bits per heavy atom. The summed E-state index contributed by atoms with van der Waals surface area (Å²) >= 11 is 0. The predicted molar refractivity (Wildman–Crippen MR) is 66.8 cm³/mol. The molecule has 0 saturated heterocycles. The molecule has 0 spiro atoms. The second-order valence-corrected chi connectivity index (χ2v) is 5.06. The first-order valence-electron chi connectivity index (χ1n) is 5.64. The summed E-state index contributed by atoms with van der Waals surface area (Å²) in [7, 11) is 4.14. The summed E-state index contributed by atoms with van der Waals surface area (Å²) in [4.78, 5) is 10.7. The molecule has 3 nitrogen and oxygen atoms in total. The molecule has 0 amide bonds. The van der Waals surface area contributed by atoms with E-state index >= 15 is 0 Å². The molecule has 0 aliphatic carbocycles. The number of hydrogen-bond donors (Lipinski definition) is 0. The Kier molecular flexibility index (Phi) is 6.46. The first-order chi connectivity index (χ1) is 6.86. The minimum Gasteiger partial charge on any atom is -0.309 e. The van der Waals surface area contributed by atoms with Gasteiger partial charge in [0, 0.05) is 0 Å². The molecule has 88 valence electrons. The fourth-order valence-corrected chi connectivity index (χ4v) is 0.809. The quantitative estimate of drug-likeness (QED) is 0.490. The first-order valence-corrected chi connectivity index (χ1v) is 5.64. The van der Waals surface area contributed by atoms with E-state index in [0.717, 1.165) is 19.5 Å². The van der Waals surface area contributed by atoms with Crippen molar-refractivity contribution in [1.82, 2.24) is 4.90 Å². The lowest BCUT2D eigenvalue weighted by Crippen LogP contribution is -2.23. The van der Waals surface area contributed by atoms with Gasteiger partial charge in [-0.2, -0.15) is 0 Å². The van der Waals surface area contributed by atoms with Crippen LogP contribution in [0.25, 0.3) is 0 Å². The van der Waals surface area contributed by atoms with Crippen LogP contribution in [0.4, 0.5) is 0 Å². The highest BCUT2D eigenvalue weighted by atomic mass is 15.0. The normalized spacial score (nSPS) is 11.7. The average Bonchev–Trinajstić information content (AvgIpc) is 2.10. The summed E-state index contributed by atoms with van der Waals surface area (Å²) in [6.07, 6.45) is 1.07. The van der Waals surface area contributed by atoms with Gasteiger partial charge in [-0.05, 0) is 46.8 Å². The van der Waals surface area contributed by atoms with Crippen LogP contribution < -0.4 is 0 Å². The Bertz CT molecular complexity index is 223. The topological polar surface area (TPSA) is 28.0 Å². The number of aliphatic imine (C=N–C) groups is 2. The Balaban J connectivity index is 3.90. The molecule has 0 aromatic rings. The first kappa shape index (κ1) is 14.3. The zero-order chi connectivity index (χ0) is 11.9. The number of nitrogens with zero attached hydrogens (tertiary/aromatic N) is 3. The largest absolute Gasteiger partial charge is 0.309 e. The molecule has 0 aromatic carbocycles. The van der Waals surface area contributed by atoms with Crippen molar-refractivity contribution in [3.05, 3.63) is 0 Å². The van der Waals surface area contributed by atoms with E-state index in [1.165, 1.54) is 0 Å². The second kappa shape index (κ2) is 6.76. The molecule has 0 aliphatic rings. The Morgan fingerprint density at radius 1 is 1.27 bits per heavy atom. The molecular formula is C12H25N3. The SMILES string of the molecule is CC(C)C(C)(C)N=C=NCCCN(C)C. The van der Waals surface area contributed by atoms with Crippen LogP contribution in [0.3, 0.4) is 0 Å². The summed E-state index contributed by atoms with van der Waals surface area (Å²) in [5, 5.41) is 0. The summed E-state index contributed by atoms with van der Waals surface area (Å²) in [6, 6.07) is 2.81. The second-order valence-electron chi connectivity index (χ2n) is 5.06. The van der Waals surface area contributed by atoms with Gasteiger partial charge in [0.15, 0.2) is 0 Å². The molecule has 0 unspecified atom stereocenters. The molecule has 0 aliphatic heterocycles. The van der Waals surface area contributed by atoms with Crippen molar-refractivity contribution in [2.75, 3.05) is 27.2 Å². The molecule has 0 bridgehead atoms. The highest BCUT2D eigenvalue weighted by Crippen LogP contribution is 2.18. The lowest BCUT2D eigenvalue weighted by molar-refractivity contribution is 0.378. The van der Waals surface area contributed by atoms with E-state index in [1.807, 2.05) is 0 Å². The van der Waals surface area contributed by atoms with Crippen LogP contribution in [-0.4, -0.2) is 43.6 Å². The molecule has 0 fully saturated rings. The maximum Gasteiger partial charge on any atom is 0.0898 e. The minimum atomic E-state index is -0.0505. The van der Waals surface area contributed by atoms with Gasteiger partial charge < -0.3 is 4.90 Å². The molecule has 0 radical (unpaired) electrons. The lowest BCUT2D eigenvalue weighted by atomic mass is 9.92. The molecule has 0 saturated carbocycles. The summed E-state index contributed by atoms with van der Waals surface area (Å²) in [6.45, 7) is 10.4. The summed E-state index contributed by atoms with van der Waals surface area (Å²) in [5.41, 5.74) is -0.0505. The molecular weight excluding hydrogens is 186 g/mol. The van der Waals surface area contributed by atoms with Gasteiger partial charge in [0.25, 0.3) is 0 Å². The smallest absolute Gasteiger partial charge is 0.0898 e. The fourth-order valence-electron chi connectivity index (χ4n) is 0.809. The summed E-state index contributed by atoms with van der Waals surface area (Å²) < 4.78 is 0. The van der Waals surface area contributed by atoms with E-state index in [9.17, 15) is 0 Å². The van der Waals surface area contributed by atoms with Crippen LogP contribution in [0.15, 0.2) is 9.98 Å². The van der Waals surface area contributed by atoms with E-state index in [4.69, 9.17) is 0 Å². The fraction of sp³-hybridized carbons (Fsp3) is 0.917. The van der Waals surface area contributed by atoms with Gasteiger partial charge in [0.05, 0.1) is 18.1 Å². The van der Waals surface area contributed by atoms with Crippen molar-refractivity contribution in [2.24, 2.45) is 15.9 Å². The van der Waals surface area contributed by atoms with Gasteiger partial charge in [-0.25, -0.2) is 9.98 Å². The Morgan fingerprint density at radius 2 is 1.87 bits per heavy atom. The van der Waals surface area contributed by atoms with Gasteiger partial charge in [0.2, 0.25) is 0 Å². The molecule has 15 heavy (non-hydrogen) atoms. The minimum absolute atomic E-state index is 0.0505. The van der Waals surface area contributed by atoms with Crippen LogP contribution in [0.5, 0.6) is 0 Å². The third-order valence-electron chi connectivity index (χ3n) is 2.70. The molecule has 0 rings (SSSR count). The van der Waals surface area contributed by atoms with Crippen LogP contribution in [0.2, 0.25) is 0 Å². The van der Waals surface area contributed by atoms with E-state index in [1.54, 1.807) is 0 Å². The molecule has 3 heteroatoms. The van der Waals surface area contributed by atoms with Gasteiger partial charge in [-0.15, -0.1) is 0 Å². The highest BCUT2D eigenvalue weighted by molar-refractivity contribution is 5.42. The van der Waals surface area contributed by atoms with Crippen LogP contribution in [0.1, 0.15) is 34.1 Å². The maximum atomic E-state index is 4.34. The molecule has 0 aromatic heterocycles. The Labute approximate surface area is 94.3 Å². The maximum absolute atomic E-state index is 4.34. The average molecular weight is 211 g/mol. The van der Waals surface area contributed by atoms with Crippen molar-refractivity contribution < 1.29 is 0 Å². The number of hydrogen-bond acceptors (Lipinski definition) is 3. The Hall–Kier alpha value is -0.660. The van der Waals surface area contributed by atoms with Crippen molar-refractivity contribution >= 4 is 6.01 Å². The van der Waals surface area contributed by atoms with Crippen molar-refractivity contribution in [2.45, 2.75) is 39.7 Å². The molecule has 0 heterocycles. The zero-order valence-electron chi connectivity index (χ0n) is 11.0. The van der Waals surface area contributed by atoms with Crippen LogP contribution >= 0.6 is 0 Å². The van der Waals surface area contributed by atoms with Crippen molar-refractivity contribution in [1.29, 1.82) is 0 Å². The van der Waals surface area contributed by atoms with Crippen LogP contribution in [0, 0.1) is 5.92 Å². The third kappa shape index (κ3) is 7.29. The molecule has 0 N–H and O–H groups in total. The lowest BCUT2D eigenvalue weighted by Gasteiger charge is -2.21. The van der Waals surface area contributed by atoms with Gasteiger partial charge in [0.1, 0.15) is 0 Å². The van der Waals surface area contributed by atoms with E-state index < -0.39 is 0 Å². The van der Waals surface area contributed by atoms with E-state index in [-0.39, 0.29) is 5.54 Å². The van der Waals surface area contributed by atoms with Crippen LogP contribution in [-0.2, 0) is 0 Å². The zero-order valence-corrected chi connectivity index (χ0v) is 11.0. The van der Waals surface area contributed by atoms with Crippen molar-refractivity contribution in [3.63, 3.8) is 0 Å². The number of rotatable bonds is 6. The summed E-state index contributed by atoms with van der Waals surface area (Å²) in [5.74, 6) is 0.516. The van der Waals surface area contributed by atoms with Gasteiger partial charge >= 0.3 is 0 Å². The van der Waals surface area contributed by atoms with Gasteiger partial charge in [-0.1, -0.05) is 13.8 Å². The molecule has 0 atom stereocenters. The predicted octanol–water partition coefficient (Wildman–Crippen LogP) is 2.55. The standard InChI is InChI=1S/C12H25N3/c1-11(2)12(3,4)14-10-13-8-7-9-15(5)6/h11H,7-9H2,1-6H3. The van der Waals surface area contributed by atoms with E-state index in [2.05, 4.69) is 62.7 Å². The highest BCUT2D eigenvalue weighted by Gasteiger charge is 2.19. The van der Waals surface area contributed by atoms with Crippen molar-refractivity contribution in [3.8, 4) is 0 Å². The van der Waals surface area contributed by atoms with Gasteiger partial charge in [-0.3, -0.25) is 0 Å². The van der Waals surface area contributed by atoms with E-state index in [0.29, 0.717) is 5.92 Å². The third-order valence-corrected chi connectivity index (χ3v) is 2.70.